The first-order valence-corrected chi connectivity index (χ1v) is 7.81. The van der Waals surface area contributed by atoms with E-state index in [2.05, 4.69) is 4.98 Å². The van der Waals surface area contributed by atoms with Gasteiger partial charge in [-0.25, -0.2) is 4.98 Å². The van der Waals surface area contributed by atoms with Crippen molar-refractivity contribution in [3.05, 3.63) is 27.3 Å². The van der Waals surface area contributed by atoms with E-state index in [1.807, 2.05) is 24.9 Å². The third kappa shape index (κ3) is 2.58. The number of nitro benzene ring substituents is 1. The summed E-state index contributed by atoms with van der Waals surface area (Å²) in [7, 11) is 1.89. The van der Waals surface area contributed by atoms with Gasteiger partial charge in [-0.3, -0.25) is 10.1 Å². The summed E-state index contributed by atoms with van der Waals surface area (Å²) in [6, 6.07) is 3.61. The summed E-state index contributed by atoms with van der Waals surface area (Å²) in [6.45, 7) is 2.42. The van der Waals surface area contributed by atoms with Crippen molar-refractivity contribution >= 4 is 32.9 Å². The molecule has 21 heavy (non-hydrogen) atoms. The molecule has 1 atom stereocenters. The largest absolute Gasteiger partial charge is 0.364 e. The lowest BCUT2D eigenvalue weighted by atomic mass is 10.1. The van der Waals surface area contributed by atoms with Gasteiger partial charge in [-0.2, -0.15) is 0 Å². The fourth-order valence-electron chi connectivity index (χ4n) is 2.82. The number of nitrogens with zero attached hydrogens (tertiary/aromatic N) is 3. The Hall–Kier alpha value is -1.73. The van der Waals surface area contributed by atoms with Crippen LogP contribution < -0.4 is 10.6 Å². The summed E-state index contributed by atoms with van der Waals surface area (Å²) in [5.74, 6) is 0.549. The second-order valence-corrected chi connectivity index (χ2v) is 6.78. The van der Waals surface area contributed by atoms with Crippen LogP contribution >= 0.6 is 11.3 Å². The zero-order valence-corrected chi connectivity index (χ0v) is 12.9. The molecule has 1 aromatic carbocycles. The van der Waals surface area contributed by atoms with E-state index in [9.17, 15) is 10.1 Å². The molecule has 6 nitrogen and oxygen atoms in total. The summed E-state index contributed by atoms with van der Waals surface area (Å²) in [5, 5.41) is 12.3. The Bertz CT molecular complexity index is 696. The van der Waals surface area contributed by atoms with E-state index in [0.717, 1.165) is 28.1 Å². The van der Waals surface area contributed by atoms with Crippen molar-refractivity contribution in [3.8, 4) is 0 Å². The summed E-state index contributed by atoms with van der Waals surface area (Å²) >= 11 is 1.48. The Labute approximate surface area is 126 Å². The van der Waals surface area contributed by atoms with Crippen molar-refractivity contribution in [3.63, 3.8) is 0 Å². The molecule has 0 spiro atoms. The SMILES string of the molecule is Cc1nc2cc(N(C)C(CN)C3CC3)c([N+](=O)[O-])cc2s1. The van der Waals surface area contributed by atoms with Crippen LogP contribution in [0.1, 0.15) is 17.8 Å². The number of rotatable bonds is 5. The average Bonchev–Trinajstić information content (AvgIpc) is 3.18. The molecule has 0 saturated heterocycles. The quantitative estimate of drug-likeness (QED) is 0.678. The highest BCUT2D eigenvalue weighted by molar-refractivity contribution is 7.18. The monoisotopic (exact) mass is 306 g/mol. The van der Waals surface area contributed by atoms with Crippen molar-refractivity contribution in [2.24, 2.45) is 11.7 Å². The smallest absolute Gasteiger partial charge is 0.294 e. The summed E-state index contributed by atoms with van der Waals surface area (Å²) in [6.07, 6.45) is 2.30. The molecular formula is C14H18N4O2S. The van der Waals surface area contributed by atoms with Crippen molar-refractivity contribution in [2.75, 3.05) is 18.5 Å². The van der Waals surface area contributed by atoms with E-state index in [1.165, 1.54) is 11.3 Å². The fraction of sp³-hybridized carbons (Fsp3) is 0.500. The second kappa shape index (κ2) is 5.23. The number of nitro groups is 1. The van der Waals surface area contributed by atoms with E-state index >= 15 is 0 Å². The minimum atomic E-state index is -0.319. The standard InChI is InChI=1S/C14H18N4O2S/c1-8-16-10-5-11(12(18(19)20)6-14(10)21-8)17(2)13(7-15)9-3-4-9/h5-6,9,13H,3-4,7,15H2,1-2H3. The highest BCUT2D eigenvalue weighted by Crippen LogP contribution is 2.40. The molecule has 1 fully saturated rings. The molecule has 0 amide bonds. The van der Waals surface area contributed by atoms with Crippen LogP contribution in [-0.2, 0) is 0 Å². The van der Waals surface area contributed by atoms with Gasteiger partial charge >= 0.3 is 0 Å². The molecule has 0 aliphatic heterocycles. The molecule has 1 unspecified atom stereocenters. The first-order chi connectivity index (χ1) is 10.0. The van der Waals surface area contributed by atoms with Crippen LogP contribution in [0.5, 0.6) is 0 Å². The van der Waals surface area contributed by atoms with Crippen LogP contribution in [0.25, 0.3) is 10.2 Å². The molecule has 0 bridgehead atoms. The number of hydrogen-bond acceptors (Lipinski definition) is 6. The molecule has 0 radical (unpaired) electrons. The highest BCUT2D eigenvalue weighted by atomic mass is 32.1. The fourth-order valence-corrected chi connectivity index (χ4v) is 3.66. The lowest BCUT2D eigenvalue weighted by Gasteiger charge is -2.28. The number of benzene rings is 1. The van der Waals surface area contributed by atoms with E-state index in [-0.39, 0.29) is 16.7 Å². The highest BCUT2D eigenvalue weighted by Gasteiger charge is 2.35. The maximum atomic E-state index is 11.4. The average molecular weight is 306 g/mol. The van der Waals surface area contributed by atoms with Crippen LogP contribution in [0.4, 0.5) is 11.4 Å². The minimum Gasteiger partial charge on any atom is -0.364 e. The molecule has 1 aromatic heterocycles. The van der Waals surface area contributed by atoms with Gasteiger partial charge in [0.25, 0.3) is 5.69 Å². The molecule has 112 valence electrons. The van der Waals surface area contributed by atoms with Crippen LogP contribution in [0.15, 0.2) is 12.1 Å². The number of fused-ring (bicyclic) bond motifs is 1. The molecule has 2 N–H and O–H groups in total. The van der Waals surface area contributed by atoms with E-state index < -0.39 is 0 Å². The number of thiazole rings is 1. The first-order valence-electron chi connectivity index (χ1n) is 6.99. The third-order valence-corrected chi connectivity index (χ3v) is 5.01. The van der Waals surface area contributed by atoms with Crippen molar-refractivity contribution < 1.29 is 4.92 Å². The topological polar surface area (TPSA) is 85.3 Å². The Kier molecular flexibility index (Phi) is 3.54. The van der Waals surface area contributed by atoms with Gasteiger partial charge in [-0.05, 0) is 31.7 Å². The number of aromatic nitrogens is 1. The summed E-state index contributed by atoms with van der Waals surface area (Å²) in [4.78, 5) is 17.5. The molecule has 3 rings (SSSR count). The summed E-state index contributed by atoms with van der Waals surface area (Å²) in [5.41, 5.74) is 7.43. The van der Waals surface area contributed by atoms with Crippen LogP contribution in [0.3, 0.4) is 0 Å². The number of anilines is 1. The number of aryl methyl sites for hydroxylation is 1. The van der Waals surface area contributed by atoms with Crippen LogP contribution in [-0.4, -0.2) is 29.5 Å². The Morgan fingerprint density at radius 1 is 1.57 bits per heavy atom. The van der Waals surface area contributed by atoms with Gasteiger partial charge in [-0.1, -0.05) is 0 Å². The zero-order valence-electron chi connectivity index (χ0n) is 12.1. The maximum absolute atomic E-state index is 11.4. The van der Waals surface area contributed by atoms with E-state index in [4.69, 9.17) is 5.73 Å². The first kappa shape index (κ1) is 14.2. The lowest BCUT2D eigenvalue weighted by molar-refractivity contribution is -0.384. The molecule has 2 aromatic rings. The van der Waals surface area contributed by atoms with Gasteiger partial charge in [-0.15, -0.1) is 11.3 Å². The predicted molar refractivity (Wildman–Crippen MR) is 85.0 cm³/mol. The number of likely N-dealkylation sites (N-methyl/N-ethyl adjacent to an activating group) is 1. The second-order valence-electron chi connectivity index (χ2n) is 5.55. The predicted octanol–water partition coefficient (Wildman–Crippen LogP) is 2.69. The number of hydrogen-bond donors (Lipinski definition) is 1. The van der Waals surface area contributed by atoms with Gasteiger partial charge in [0.2, 0.25) is 0 Å². The van der Waals surface area contributed by atoms with Crippen molar-refractivity contribution in [1.29, 1.82) is 0 Å². The van der Waals surface area contributed by atoms with Gasteiger partial charge < -0.3 is 10.6 Å². The van der Waals surface area contributed by atoms with Crippen molar-refractivity contribution in [2.45, 2.75) is 25.8 Å². The molecule has 7 heteroatoms. The molecular weight excluding hydrogens is 288 g/mol. The van der Waals surface area contributed by atoms with E-state index in [0.29, 0.717) is 18.2 Å². The Balaban J connectivity index is 2.09. The normalized spacial score (nSPS) is 16.1. The van der Waals surface area contributed by atoms with Gasteiger partial charge in [0.15, 0.2) is 0 Å². The zero-order chi connectivity index (χ0) is 15.1. The molecule has 1 aliphatic rings. The van der Waals surface area contributed by atoms with E-state index in [1.54, 1.807) is 6.07 Å². The summed E-state index contributed by atoms with van der Waals surface area (Å²) < 4.78 is 0.854. The van der Waals surface area contributed by atoms with Gasteiger partial charge in [0, 0.05) is 25.7 Å². The Morgan fingerprint density at radius 3 is 2.86 bits per heavy atom. The van der Waals surface area contributed by atoms with Gasteiger partial charge in [0.1, 0.15) is 5.69 Å². The van der Waals surface area contributed by atoms with Crippen LogP contribution in [0, 0.1) is 23.0 Å². The minimum absolute atomic E-state index is 0.132. The Morgan fingerprint density at radius 2 is 2.29 bits per heavy atom. The molecule has 1 heterocycles. The molecule has 1 aliphatic carbocycles. The maximum Gasteiger partial charge on any atom is 0.294 e. The van der Waals surface area contributed by atoms with Crippen molar-refractivity contribution in [1.82, 2.24) is 4.98 Å². The molecule has 1 saturated carbocycles. The third-order valence-electron chi connectivity index (χ3n) is 4.07. The van der Waals surface area contributed by atoms with Gasteiger partial charge in [0.05, 0.1) is 20.1 Å². The van der Waals surface area contributed by atoms with Crippen LogP contribution in [0.2, 0.25) is 0 Å². The number of nitrogens with two attached hydrogens (primary N) is 1. The lowest BCUT2D eigenvalue weighted by Crippen LogP contribution is -2.40.